The van der Waals surface area contributed by atoms with Gasteiger partial charge >= 0.3 is 0 Å². The van der Waals surface area contributed by atoms with Crippen molar-refractivity contribution in [2.75, 3.05) is 18.0 Å². The smallest absolute Gasteiger partial charge is 0.275 e. The molecule has 1 saturated carbocycles. The molecule has 1 saturated heterocycles. The van der Waals surface area contributed by atoms with Gasteiger partial charge in [0.25, 0.3) is 5.56 Å². The highest BCUT2D eigenvalue weighted by Crippen LogP contribution is 2.30. The van der Waals surface area contributed by atoms with E-state index in [1.54, 1.807) is 4.68 Å². The minimum absolute atomic E-state index is 0.0579. The standard InChI is InChI=1S/C19H26N4O/c20-14-7-6-12-22(13-14)18-16-10-4-5-11-17(16)19(24)23(21-18)15-8-2-1-3-9-15/h4-5,10-11,14-15H,1-3,6-9,12-13,20H2/t14-/m0/s1. The van der Waals surface area contributed by atoms with Gasteiger partial charge in [-0.05, 0) is 31.7 Å². The van der Waals surface area contributed by atoms with Crippen LogP contribution >= 0.6 is 0 Å². The third-order valence-corrected chi connectivity index (χ3v) is 5.49. The topological polar surface area (TPSA) is 64.2 Å². The molecular weight excluding hydrogens is 300 g/mol. The zero-order valence-corrected chi connectivity index (χ0v) is 14.2. The average molecular weight is 326 g/mol. The first-order valence-corrected chi connectivity index (χ1v) is 9.26. The minimum atomic E-state index is 0.0579. The molecule has 2 aliphatic rings. The molecular formula is C19H26N4O. The molecule has 1 aromatic heterocycles. The molecule has 5 heteroatoms. The zero-order chi connectivity index (χ0) is 16.5. The van der Waals surface area contributed by atoms with Crippen LogP contribution in [0.1, 0.15) is 51.0 Å². The summed E-state index contributed by atoms with van der Waals surface area (Å²) < 4.78 is 1.77. The highest BCUT2D eigenvalue weighted by molar-refractivity contribution is 5.91. The second-order valence-electron chi connectivity index (χ2n) is 7.26. The summed E-state index contributed by atoms with van der Waals surface area (Å²) in [5.41, 5.74) is 6.24. The van der Waals surface area contributed by atoms with Gasteiger partial charge in [0.15, 0.2) is 5.82 Å². The van der Waals surface area contributed by atoms with Crippen LogP contribution in [0.2, 0.25) is 0 Å². The fraction of sp³-hybridized carbons (Fsp3) is 0.579. The SMILES string of the molecule is N[C@H]1CCCN(c2nn(C3CCCCC3)c(=O)c3ccccc23)C1. The number of piperidine rings is 1. The van der Waals surface area contributed by atoms with E-state index < -0.39 is 0 Å². The van der Waals surface area contributed by atoms with Gasteiger partial charge in [-0.15, -0.1) is 0 Å². The summed E-state index contributed by atoms with van der Waals surface area (Å²) >= 11 is 0. The minimum Gasteiger partial charge on any atom is -0.353 e. The molecule has 1 aliphatic heterocycles. The van der Waals surface area contributed by atoms with Crippen LogP contribution < -0.4 is 16.2 Å². The second kappa shape index (κ2) is 6.55. The van der Waals surface area contributed by atoms with Crippen molar-refractivity contribution in [1.29, 1.82) is 0 Å². The Morgan fingerprint density at radius 2 is 1.75 bits per heavy atom. The monoisotopic (exact) mass is 326 g/mol. The van der Waals surface area contributed by atoms with Crippen LogP contribution in [-0.2, 0) is 0 Å². The maximum atomic E-state index is 13.0. The number of nitrogens with two attached hydrogens (primary N) is 1. The fourth-order valence-electron chi connectivity index (χ4n) is 4.20. The van der Waals surface area contributed by atoms with E-state index in [1.165, 1.54) is 19.3 Å². The number of rotatable bonds is 2. The van der Waals surface area contributed by atoms with Crippen LogP contribution in [0.3, 0.4) is 0 Å². The van der Waals surface area contributed by atoms with Gasteiger partial charge in [0.2, 0.25) is 0 Å². The lowest BCUT2D eigenvalue weighted by molar-refractivity contribution is 0.319. The van der Waals surface area contributed by atoms with Crippen molar-refractivity contribution < 1.29 is 0 Å². The van der Waals surface area contributed by atoms with E-state index in [0.717, 1.165) is 55.4 Å². The maximum Gasteiger partial charge on any atom is 0.275 e. The quantitative estimate of drug-likeness (QED) is 0.922. The van der Waals surface area contributed by atoms with E-state index >= 15 is 0 Å². The average Bonchev–Trinajstić information content (AvgIpc) is 2.63. The molecule has 1 aliphatic carbocycles. The Morgan fingerprint density at radius 3 is 2.50 bits per heavy atom. The van der Waals surface area contributed by atoms with E-state index in [9.17, 15) is 4.79 Å². The first kappa shape index (κ1) is 15.6. The molecule has 2 fully saturated rings. The zero-order valence-electron chi connectivity index (χ0n) is 14.2. The Morgan fingerprint density at radius 1 is 1.00 bits per heavy atom. The summed E-state index contributed by atoms with van der Waals surface area (Å²) in [5, 5.41) is 6.60. The van der Waals surface area contributed by atoms with Crippen LogP contribution in [-0.4, -0.2) is 28.9 Å². The van der Waals surface area contributed by atoms with Crippen molar-refractivity contribution in [3.05, 3.63) is 34.6 Å². The number of hydrogen-bond acceptors (Lipinski definition) is 4. The number of anilines is 1. The Labute approximate surface area is 142 Å². The van der Waals surface area contributed by atoms with E-state index in [1.807, 2.05) is 24.3 Å². The molecule has 2 heterocycles. The molecule has 0 radical (unpaired) electrons. The third-order valence-electron chi connectivity index (χ3n) is 5.49. The molecule has 0 amide bonds. The van der Waals surface area contributed by atoms with E-state index in [2.05, 4.69) is 4.90 Å². The van der Waals surface area contributed by atoms with Crippen LogP contribution in [0.25, 0.3) is 10.8 Å². The number of aromatic nitrogens is 2. The van der Waals surface area contributed by atoms with E-state index in [-0.39, 0.29) is 17.6 Å². The molecule has 24 heavy (non-hydrogen) atoms. The van der Waals surface area contributed by atoms with Gasteiger partial charge in [-0.1, -0.05) is 37.5 Å². The lowest BCUT2D eigenvalue weighted by atomic mass is 9.95. The number of nitrogens with zero attached hydrogens (tertiary/aromatic N) is 3. The van der Waals surface area contributed by atoms with Gasteiger partial charge < -0.3 is 10.6 Å². The molecule has 128 valence electrons. The molecule has 0 bridgehead atoms. The van der Waals surface area contributed by atoms with E-state index in [0.29, 0.717) is 0 Å². The highest BCUT2D eigenvalue weighted by atomic mass is 16.1. The molecule has 0 spiro atoms. The molecule has 2 aromatic rings. The summed E-state index contributed by atoms with van der Waals surface area (Å²) in [6, 6.07) is 8.32. The van der Waals surface area contributed by atoms with Gasteiger partial charge in [-0.2, -0.15) is 5.10 Å². The first-order valence-electron chi connectivity index (χ1n) is 9.26. The van der Waals surface area contributed by atoms with Crippen molar-refractivity contribution in [3.63, 3.8) is 0 Å². The lowest BCUT2D eigenvalue weighted by Gasteiger charge is -2.33. The summed E-state index contributed by atoms with van der Waals surface area (Å²) in [7, 11) is 0. The summed E-state index contributed by atoms with van der Waals surface area (Å²) in [6.45, 7) is 1.79. The van der Waals surface area contributed by atoms with E-state index in [4.69, 9.17) is 10.8 Å². The Kier molecular flexibility index (Phi) is 4.27. The molecule has 1 aromatic carbocycles. The first-order chi connectivity index (χ1) is 11.7. The summed E-state index contributed by atoms with van der Waals surface area (Å²) in [4.78, 5) is 15.3. The molecule has 5 nitrogen and oxygen atoms in total. The highest BCUT2D eigenvalue weighted by Gasteiger charge is 2.24. The van der Waals surface area contributed by atoms with Crippen LogP contribution in [0.4, 0.5) is 5.82 Å². The van der Waals surface area contributed by atoms with Crippen LogP contribution in [0, 0.1) is 0 Å². The summed E-state index contributed by atoms with van der Waals surface area (Å²) in [5.74, 6) is 0.936. The molecule has 2 N–H and O–H groups in total. The van der Waals surface area contributed by atoms with Gasteiger partial charge in [-0.25, -0.2) is 4.68 Å². The van der Waals surface area contributed by atoms with Crippen LogP contribution in [0.15, 0.2) is 29.1 Å². The number of fused-ring (bicyclic) bond motifs is 1. The van der Waals surface area contributed by atoms with Crippen molar-refractivity contribution >= 4 is 16.6 Å². The van der Waals surface area contributed by atoms with Gasteiger partial charge in [0.05, 0.1) is 11.4 Å². The molecule has 0 unspecified atom stereocenters. The van der Waals surface area contributed by atoms with Crippen LogP contribution in [0.5, 0.6) is 0 Å². The molecule has 4 rings (SSSR count). The fourth-order valence-corrected chi connectivity index (χ4v) is 4.20. The third kappa shape index (κ3) is 2.81. The summed E-state index contributed by atoms with van der Waals surface area (Å²) in [6.07, 6.45) is 7.92. The second-order valence-corrected chi connectivity index (χ2v) is 7.26. The number of hydrogen-bond donors (Lipinski definition) is 1. The van der Waals surface area contributed by atoms with Crippen molar-refractivity contribution in [1.82, 2.24) is 9.78 Å². The predicted molar refractivity (Wildman–Crippen MR) is 97.5 cm³/mol. The van der Waals surface area contributed by atoms with Gasteiger partial charge in [0.1, 0.15) is 0 Å². The Bertz CT molecular complexity index is 779. The predicted octanol–water partition coefficient (Wildman–Crippen LogP) is 2.83. The van der Waals surface area contributed by atoms with Gasteiger partial charge in [0, 0.05) is 24.5 Å². The normalized spacial score (nSPS) is 22.9. The Balaban J connectivity index is 1.85. The van der Waals surface area contributed by atoms with Crippen molar-refractivity contribution in [2.24, 2.45) is 5.73 Å². The molecule has 1 atom stereocenters. The maximum absolute atomic E-state index is 13.0. The van der Waals surface area contributed by atoms with Gasteiger partial charge in [-0.3, -0.25) is 4.79 Å². The Hall–Kier alpha value is -1.88. The lowest BCUT2D eigenvalue weighted by Crippen LogP contribution is -2.44. The largest absolute Gasteiger partial charge is 0.353 e. The number of benzene rings is 1. The van der Waals surface area contributed by atoms with Crippen molar-refractivity contribution in [3.8, 4) is 0 Å². The van der Waals surface area contributed by atoms with Crippen molar-refractivity contribution in [2.45, 2.75) is 57.0 Å².